The van der Waals surface area contributed by atoms with E-state index in [2.05, 4.69) is 14.7 Å². The topological polar surface area (TPSA) is 85.2 Å². The number of phenols is 1. The zero-order valence-electron chi connectivity index (χ0n) is 8.90. The number of benzene rings is 1. The van der Waals surface area contributed by atoms with E-state index in [1.54, 1.807) is 0 Å². The van der Waals surface area contributed by atoms with Gasteiger partial charge in [-0.05, 0) is 12.1 Å². The Kier molecular flexibility index (Phi) is 2.85. The van der Waals surface area contributed by atoms with Crippen molar-refractivity contribution < 1.29 is 22.8 Å². The summed E-state index contributed by atoms with van der Waals surface area (Å²) in [6, 6.07) is 4.36. The molecule has 0 radical (unpaired) electrons. The minimum absolute atomic E-state index is 0.0723. The van der Waals surface area contributed by atoms with Crippen LogP contribution in [-0.4, -0.2) is 21.4 Å². The first-order valence-electron chi connectivity index (χ1n) is 4.84. The number of nitrogens with zero attached hydrogens (tertiary/aromatic N) is 2. The Morgan fingerprint density at radius 3 is 2.72 bits per heavy atom. The van der Waals surface area contributed by atoms with E-state index >= 15 is 0 Å². The number of rotatable bonds is 2. The predicted molar refractivity (Wildman–Crippen MR) is 55.6 cm³/mol. The van der Waals surface area contributed by atoms with E-state index in [0.29, 0.717) is 0 Å². The van der Waals surface area contributed by atoms with Crippen molar-refractivity contribution in [3.05, 3.63) is 24.0 Å². The molecular formula is C10H8F3N3O2. The summed E-state index contributed by atoms with van der Waals surface area (Å²) in [7, 11) is 0. The lowest BCUT2D eigenvalue weighted by molar-refractivity contribution is -0.128. The predicted octanol–water partition coefficient (Wildman–Crippen LogP) is 2.13. The molecule has 5 nitrogen and oxygen atoms in total. The van der Waals surface area contributed by atoms with Crippen LogP contribution in [0.3, 0.4) is 0 Å². The van der Waals surface area contributed by atoms with Crippen LogP contribution in [-0.2, 0) is 6.42 Å². The molecule has 0 atom stereocenters. The molecule has 0 aliphatic carbocycles. The van der Waals surface area contributed by atoms with E-state index in [1.165, 1.54) is 18.2 Å². The summed E-state index contributed by atoms with van der Waals surface area (Å²) in [5.74, 6) is -1.02. The summed E-state index contributed by atoms with van der Waals surface area (Å²) >= 11 is 0. The number of halogens is 3. The molecule has 3 N–H and O–H groups in total. The summed E-state index contributed by atoms with van der Waals surface area (Å²) < 4.78 is 41.0. The monoisotopic (exact) mass is 259 g/mol. The quantitative estimate of drug-likeness (QED) is 0.637. The summed E-state index contributed by atoms with van der Waals surface area (Å²) in [5, 5.41) is 12.8. The third-order valence-corrected chi connectivity index (χ3v) is 2.12. The van der Waals surface area contributed by atoms with E-state index in [-0.39, 0.29) is 22.9 Å². The van der Waals surface area contributed by atoms with Crippen molar-refractivity contribution in [1.82, 2.24) is 10.1 Å². The Balaban J connectivity index is 2.33. The molecule has 1 aromatic carbocycles. The number of para-hydroxylation sites is 1. The Labute approximate surface area is 99.0 Å². The molecule has 8 heteroatoms. The van der Waals surface area contributed by atoms with Gasteiger partial charge < -0.3 is 15.4 Å². The van der Waals surface area contributed by atoms with Gasteiger partial charge in [-0.2, -0.15) is 18.2 Å². The van der Waals surface area contributed by atoms with Gasteiger partial charge in [-0.15, -0.1) is 0 Å². The lowest BCUT2D eigenvalue weighted by Crippen LogP contribution is -2.12. The van der Waals surface area contributed by atoms with Crippen molar-refractivity contribution in [3.63, 3.8) is 0 Å². The van der Waals surface area contributed by atoms with Gasteiger partial charge in [0, 0.05) is 0 Å². The highest BCUT2D eigenvalue weighted by atomic mass is 19.4. The Bertz CT molecular complexity index is 566. The standard InChI is InChI=1S/C10H8F3N3O2/c11-10(12,13)4-7-15-9(18-16-7)5-2-1-3-6(14)8(5)17/h1-3,17H,4,14H2. The second-order valence-corrected chi connectivity index (χ2v) is 3.55. The van der Waals surface area contributed by atoms with Crippen LogP contribution < -0.4 is 5.73 Å². The zero-order valence-corrected chi connectivity index (χ0v) is 8.90. The van der Waals surface area contributed by atoms with Gasteiger partial charge in [0.2, 0.25) is 0 Å². The zero-order chi connectivity index (χ0) is 13.3. The van der Waals surface area contributed by atoms with E-state index in [1.807, 2.05) is 0 Å². The number of phenolic OH excluding ortho intramolecular Hbond substituents is 1. The van der Waals surface area contributed by atoms with Gasteiger partial charge in [0.15, 0.2) is 11.6 Å². The van der Waals surface area contributed by atoms with Crippen molar-refractivity contribution in [2.75, 3.05) is 5.73 Å². The van der Waals surface area contributed by atoms with Crippen LogP contribution in [0.5, 0.6) is 5.75 Å². The number of aromatic hydroxyl groups is 1. The summed E-state index contributed by atoms with van der Waals surface area (Å²) in [4.78, 5) is 3.55. The molecule has 0 fully saturated rings. The fourth-order valence-corrected chi connectivity index (χ4v) is 1.35. The first kappa shape index (κ1) is 12.2. The molecule has 0 aliphatic rings. The third kappa shape index (κ3) is 2.53. The Hall–Kier alpha value is -2.25. The van der Waals surface area contributed by atoms with Crippen LogP contribution in [0.2, 0.25) is 0 Å². The molecule has 18 heavy (non-hydrogen) atoms. The molecule has 0 amide bonds. The Morgan fingerprint density at radius 2 is 2.06 bits per heavy atom. The highest BCUT2D eigenvalue weighted by Crippen LogP contribution is 2.32. The van der Waals surface area contributed by atoms with E-state index in [4.69, 9.17) is 5.73 Å². The van der Waals surface area contributed by atoms with Gasteiger partial charge in [-0.3, -0.25) is 0 Å². The molecule has 0 saturated carbocycles. The average Bonchev–Trinajstić information content (AvgIpc) is 2.68. The molecule has 2 aromatic rings. The molecule has 0 saturated heterocycles. The lowest BCUT2D eigenvalue weighted by Gasteiger charge is -2.02. The molecule has 0 unspecified atom stereocenters. The largest absolute Gasteiger partial charge is 0.505 e. The number of nitrogen functional groups attached to an aromatic ring is 1. The van der Waals surface area contributed by atoms with Gasteiger partial charge >= 0.3 is 6.18 Å². The number of hydrogen-bond donors (Lipinski definition) is 2. The van der Waals surface area contributed by atoms with Crippen molar-refractivity contribution in [1.29, 1.82) is 0 Å². The van der Waals surface area contributed by atoms with Crippen molar-refractivity contribution >= 4 is 5.69 Å². The highest BCUT2D eigenvalue weighted by molar-refractivity contribution is 5.71. The van der Waals surface area contributed by atoms with Crippen molar-refractivity contribution in [2.45, 2.75) is 12.6 Å². The lowest BCUT2D eigenvalue weighted by atomic mass is 10.2. The number of hydrogen-bond acceptors (Lipinski definition) is 5. The van der Waals surface area contributed by atoms with Gasteiger partial charge in [-0.25, -0.2) is 0 Å². The first-order chi connectivity index (χ1) is 8.37. The summed E-state index contributed by atoms with van der Waals surface area (Å²) in [6.45, 7) is 0. The van der Waals surface area contributed by atoms with Crippen LogP contribution in [0, 0.1) is 0 Å². The molecule has 1 aromatic heterocycles. The van der Waals surface area contributed by atoms with Gasteiger partial charge in [0.25, 0.3) is 5.89 Å². The number of anilines is 1. The average molecular weight is 259 g/mol. The van der Waals surface area contributed by atoms with Crippen molar-refractivity contribution in [2.24, 2.45) is 0 Å². The second kappa shape index (κ2) is 4.21. The van der Waals surface area contributed by atoms with Crippen LogP contribution >= 0.6 is 0 Å². The van der Waals surface area contributed by atoms with Gasteiger partial charge in [0.1, 0.15) is 6.42 Å². The number of alkyl halides is 3. The van der Waals surface area contributed by atoms with Crippen LogP contribution in [0.4, 0.5) is 18.9 Å². The SMILES string of the molecule is Nc1cccc(-c2nc(CC(F)(F)F)no2)c1O. The smallest absolute Gasteiger partial charge is 0.396 e. The molecule has 2 rings (SSSR count). The molecule has 96 valence electrons. The van der Waals surface area contributed by atoms with E-state index < -0.39 is 18.4 Å². The molecule has 0 aliphatic heterocycles. The van der Waals surface area contributed by atoms with Crippen molar-refractivity contribution in [3.8, 4) is 17.2 Å². The maximum Gasteiger partial charge on any atom is 0.396 e. The second-order valence-electron chi connectivity index (χ2n) is 3.55. The number of nitrogens with two attached hydrogens (primary N) is 1. The maximum absolute atomic E-state index is 12.1. The summed E-state index contributed by atoms with van der Waals surface area (Å²) in [6.07, 6.45) is -5.71. The van der Waals surface area contributed by atoms with Crippen LogP contribution in [0.15, 0.2) is 22.7 Å². The van der Waals surface area contributed by atoms with E-state index in [9.17, 15) is 18.3 Å². The maximum atomic E-state index is 12.1. The molecule has 0 bridgehead atoms. The fourth-order valence-electron chi connectivity index (χ4n) is 1.35. The van der Waals surface area contributed by atoms with Gasteiger partial charge in [-0.1, -0.05) is 11.2 Å². The molecular weight excluding hydrogens is 251 g/mol. The summed E-state index contributed by atoms with van der Waals surface area (Å²) in [5.41, 5.74) is 5.61. The van der Waals surface area contributed by atoms with Crippen LogP contribution in [0.25, 0.3) is 11.5 Å². The normalized spacial score (nSPS) is 11.7. The first-order valence-corrected chi connectivity index (χ1v) is 4.84. The fraction of sp³-hybridized carbons (Fsp3) is 0.200. The van der Waals surface area contributed by atoms with Crippen LogP contribution in [0.1, 0.15) is 5.82 Å². The van der Waals surface area contributed by atoms with E-state index in [0.717, 1.165) is 0 Å². The molecule has 0 spiro atoms. The molecule has 1 heterocycles. The Morgan fingerprint density at radius 1 is 1.33 bits per heavy atom. The highest BCUT2D eigenvalue weighted by Gasteiger charge is 2.31. The number of aromatic nitrogens is 2. The van der Waals surface area contributed by atoms with Gasteiger partial charge in [0.05, 0.1) is 11.3 Å². The minimum Gasteiger partial charge on any atom is -0.505 e. The third-order valence-electron chi connectivity index (χ3n) is 2.12. The minimum atomic E-state index is -4.42.